The Bertz CT molecular complexity index is 3630. The molecular formula is C57H36N4S. The van der Waals surface area contributed by atoms with Gasteiger partial charge in [0.15, 0.2) is 5.82 Å². The van der Waals surface area contributed by atoms with Gasteiger partial charge in [0.2, 0.25) is 0 Å². The third-order valence-corrected chi connectivity index (χ3v) is 12.9. The first-order chi connectivity index (χ1) is 30.7. The van der Waals surface area contributed by atoms with Crippen molar-refractivity contribution >= 4 is 47.8 Å². The molecule has 0 aliphatic carbocycles. The maximum absolute atomic E-state index is 5.44. The van der Waals surface area contributed by atoms with Crippen LogP contribution in [0.1, 0.15) is 0 Å². The molecule has 0 bridgehead atoms. The van der Waals surface area contributed by atoms with Gasteiger partial charge in [0.1, 0.15) is 5.69 Å². The van der Waals surface area contributed by atoms with Crippen LogP contribution in [-0.2, 0) is 0 Å². The molecular weight excluding hydrogens is 773 g/mol. The van der Waals surface area contributed by atoms with Gasteiger partial charge in [-0.25, -0.2) is 14.5 Å². The van der Waals surface area contributed by atoms with E-state index >= 15 is 0 Å². The van der Waals surface area contributed by atoms with Crippen LogP contribution in [0.3, 0.4) is 0 Å². The van der Waals surface area contributed by atoms with Crippen molar-refractivity contribution in [3.8, 4) is 78.7 Å². The molecule has 4 aromatic heterocycles. The molecule has 0 unspecified atom stereocenters. The molecule has 0 atom stereocenters. The Hall–Kier alpha value is -7.99. The van der Waals surface area contributed by atoms with Gasteiger partial charge < -0.3 is 0 Å². The number of aromatic nitrogens is 4. The molecule has 0 spiro atoms. The van der Waals surface area contributed by atoms with Crippen molar-refractivity contribution < 1.29 is 0 Å². The second-order valence-corrected chi connectivity index (χ2v) is 16.7. The summed E-state index contributed by atoms with van der Waals surface area (Å²) in [4.78, 5) is 10.6. The van der Waals surface area contributed by atoms with Crippen LogP contribution in [0.15, 0.2) is 218 Å². The number of fused-ring (bicyclic) bond motifs is 6. The van der Waals surface area contributed by atoms with E-state index in [4.69, 9.17) is 15.1 Å². The van der Waals surface area contributed by atoms with Crippen molar-refractivity contribution in [2.24, 2.45) is 0 Å². The molecule has 8 aromatic carbocycles. The van der Waals surface area contributed by atoms with E-state index in [9.17, 15) is 0 Å². The Morgan fingerprint density at radius 2 is 0.919 bits per heavy atom. The van der Waals surface area contributed by atoms with Crippen molar-refractivity contribution in [3.05, 3.63) is 218 Å². The van der Waals surface area contributed by atoms with Crippen molar-refractivity contribution in [2.75, 3.05) is 0 Å². The molecule has 4 heterocycles. The minimum absolute atomic E-state index is 0.660. The summed E-state index contributed by atoms with van der Waals surface area (Å²) in [6.07, 6.45) is 0. The number of nitrogens with zero attached hydrogens (tertiary/aromatic N) is 4. The van der Waals surface area contributed by atoms with E-state index < -0.39 is 0 Å². The van der Waals surface area contributed by atoms with Gasteiger partial charge in [-0.2, -0.15) is 5.10 Å². The second-order valence-electron chi connectivity index (χ2n) is 15.6. The van der Waals surface area contributed by atoms with Gasteiger partial charge in [-0.1, -0.05) is 182 Å². The highest BCUT2D eigenvalue weighted by Gasteiger charge is 2.22. The lowest BCUT2D eigenvalue weighted by atomic mass is 9.96. The lowest BCUT2D eigenvalue weighted by Crippen LogP contribution is -1.98. The zero-order valence-corrected chi connectivity index (χ0v) is 34.3. The van der Waals surface area contributed by atoms with Gasteiger partial charge in [-0.3, -0.25) is 0 Å². The van der Waals surface area contributed by atoms with E-state index in [1.165, 1.54) is 25.7 Å². The first kappa shape index (κ1) is 35.9. The highest BCUT2D eigenvalue weighted by molar-refractivity contribution is 7.25. The van der Waals surface area contributed by atoms with Gasteiger partial charge in [-0.05, 0) is 58.5 Å². The van der Waals surface area contributed by atoms with Gasteiger partial charge in [-0.15, -0.1) is 11.3 Å². The number of hydrogen-bond donors (Lipinski definition) is 0. The van der Waals surface area contributed by atoms with Crippen molar-refractivity contribution in [1.82, 2.24) is 19.6 Å². The molecule has 0 radical (unpaired) electrons. The van der Waals surface area contributed by atoms with Gasteiger partial charge in [0.25, 0.3) is 0 Å². The van der Waals surface area contributed by atoms with E-state index in [1.807, 2.05) is 17.4 Å². The standard InChI is InChI=1S/C57H36N4S/c1-4-16-37(17-5-1)49-36-50(43-24-14-23-40(32-43)41-30-31-48-47-28-12-13-29-52(47)62-53(48)35-41)59-57(58-49)45-26-15-25-44(33-45)51-34-42-22-10-11-27-46(42)56-54(38-18-6-2-7-19-38)55(60-61(51)56)39-20-8-3-9-21-39/h1-36H. The Labute approximate surface area is 362 Å². The van der Waals surface area contributed by atoms with E-state index in [0.29, 0.717) is 5.82 Å². The summed E-state index contributed by atoms with van der Waals surface area (Å²) in [6.45, 7) is 0. The van der Waals surface area contributed by atoms with Crippen LogP contribution in [0.4, 0.5) is 0 Å². The average Bonchev–Trinajstić information content (AvgIpc) is 3.94. The molecule has 0 aliphatic heterocycles. The molecule has 0 N–H and O–H groups in total. The summed E-state index contributed by atoms with van der Waals surface area (Å²) in [5, 5.41) is 10.3. The molecule has 290 valence electrons. The van der Waals surface area contributed by atoms with Crippen LogP contribution in [-0.4, -0.2) is 19.6 Å². The molecule has 0 amide bonds. The van der Waals surface area contributed by atoms with Crippen LogP contribution in [0, 0.1) is 0 Å². The van der Waals surface area contributed by atoms with Crippen LogP contribution < -0.4 is 0 Å². The molecule has 12 aromatic rings. The van der Waals surface area contributed by atoms with Crippen LogP contribution in [0.5, 0.6) is 0 Å². The van der Waals surface area contributed by atoms with Crippen LogP contribution in [0.2, 0.25) is 0 Å². The summed E-state index contributed by atoms with van der Waals surface area (Å²) < 4.78 is 4.74. The molecule has 62 heavy (non-hydrogen) atoms. The minimum Gasteiger partial charge on any atom is -0.231 e. The number of pyridine rings is 1. The quantitative estimate of drug-likeness (QED) is 0.161. The van der Waals surface area contributed by atoms with Crippen LogP contribution >= 0.6 is 11.3 Å². The molecule has 5 heteroatoms. The summed E-state index contributed by atoms with van der Waals surface area (Å²) in [5.74, 6) is 0.660. The predicted molar refractivity (Wildman–Crippen MR) is 259 cm³/mol. The first-order valence-corrected chi connectivity index (χ1v) is 21.7. The Morgan fingerprint density at radius 1 is 0.355 bits per heavy atom. The first-order valence-electron chi connectivity index (χ1n) is 20.8. The number of thiophene rings is 1. The monoisotopic (exact) mass is 808 g/mol. The predicted octanol–water partition coefficient (Wildman–Crippen LogP) is 15.3. The fourth-order valence-corrected chi connectivity index (χ4v) is 9.98. The Morgan fingerprint density at radius 3 is 1.71 bits per heavy atom. The fraction of sp³-hybridized carbons (Fsp3) is 0. The topological polar surface area (TPSA) is 43.1 Å². The third kappa shape index (κ3) is 6.26. The zero-order chi connectivity index (χ0) is 41.0. The Balaban J connectivity index is 1.02. The molecule has 0 saturated carbocycles. The fourth-order valence-electron chi connectivity index (χ4n) is 8.83. The normalized spacial score (nSPS) is 11.5. The number of benzene rings is 8. The van der Waals surface area contributed by atoms with Crippen molar-refractivity contribution in [3.63, 3.8) is 0 Å². The van der Waals surface area contributed by atoms with Gasteiger partial charge >= 0.3 is 0 Å². The minimum atomic E-state index is 0.660. The Kier molecular flexibility index (Phi) is 8.65. The van der Waals surface area contributed by atoms with Gasteiger partial charge in [0, 0.05) is 58.9 Å². The van der Waals surface area contributed by atoms with E-state index in [-0.39, 0.29) is 0 Å². The average molecular weight is 809 g/mol. The summed E-state index contributed by atoms with van der Waals surface area (Å²) >= 11 is 1.84. The number of hydrogen-bond acceptors (Lipinski definition) is 4. The summed E-state index contributed by atoms with van der Waals surface area (Å²) in [5.41, 5.74) is 14.4. The molecule has 4 nitrogen and oxygen atoms in total. The van der Waals surface area contributed by atoms with E-state index in [0.717, 1.165) is 83.6 Å². The van der Waals surface area contributed by atoms with Crippen molar-refractivity contribution in [2.45, 2.75) is 0 Å². The smallest absolute Gasteiger partial charge is 0.160 e. The lowest BCUT2D eigenvalue weighted by molar-refractivity contribution is 0.979. The zero-order valence-electron chi connectivity index (χ0n) is 33.5. The molecule has 12 rings (SSSR count). The number of rotatable bonds is 7. The summed E-state index contributed by atoms with van der Waals surface area (Å²) in [7, 11) is 0. The van der Waals surface area contributed by atoms with Gasteiger partial charge in [0.05, 0.1) is 22.6 Å². The molecule has 0 fully saturated rings. The highest BCUT2D eigenvalue weighted by atomic mass is 32.1. The van der Waals surface area contributed by atoms with E-state index in [2.05, 4.69) is 217 Å². The van der Waals surface area contributed by atoms with Crippen LogP contribution in [0.25, 0.3) is 115 Å². The SMILES string of the molecule is c1ccc(-c2cc(-c3cccc(-c4ccc5c(c4)sc4ccccc45)c3)nc(-c3cccc(-c4cc5ccccc5c5c(-c6ccccc6)c(-c6ccccc6)nn45)c3)n2)cc1. The van der Waals surface area contributed by atoms with E-state index in [1.54, 1.807) is 0 Å². The highest BCUT2D eigenvalue weighted by Crippen LogP contribution is 2.42. The summed E-state index contributed by atoms with van der Waals surface area (Å²) in [6, 6.07) is 77.3. The lowest BCUT2D eigenvalue weighted by Gasteiger charge is -2.13. The van der Waals surface area contributed by atoms with Crippen molar-refractivity contribution in [1.29, 1.82) is 0 Å². The molecule has 0 aliphatic rings. The molecule has 0 saturated heterocycles. The largest absolute Gasteiger partial charge is 0.231 e. The maximum Gasteiger partial charge on any atom is 0.160 e. The third-order valence-electron chi connectivity index (χ3n) is 11.8. The second kappa shape index (κ2) is 14.9. The maximum atomic E-state index is 5.44.